The Morgan fingerprint density at radius 1 is 0.171 bits per heavy atom. The Bertz CT molecular complexity index is 5360. The number of hydrogen-bond donors (Lipinski definition) is 0. The number of hydrogen-bond acceptors (Lipinski definition) is 0. The molecular formula is C97H92F24N4P4. The third kappa shape index (κ3) is 41.3. The Balaban J connectivity index is 0.000000634. The van der Waals surface area contributed by atoms with Crippen molar-refractivity contribution in [1.29, 1.82) is 0 Å². The van der Waals surface area contributed by atoms with E-state index in [1.54, 1.807) is 0 Å². The molecule has 32 heteroatoms. The molecule has 0 N–H and O–H groups in total. The zero-order valence-electron chi connectivity index (χ0n) is 71.7. The topological polar surface area (TPSA) is 15.5 Å². The molecule has 0 amide bonds. The SMILES string of the molecule is CC(C)(C)c1ccc(C[n+]2ccc(C#Cc3ccc(C(c4ccc(C#Cc5cc[n+](Cc6ccc(C(C)(C)C)cc6)cc5)cc4)(c4ccc(C#Cc5cc[n+](Cc6ccc(C(C)(C)C)cc6)cc5)cc4)c4ccc(C#Cc5cc[n+](Cc6ccc(C(C)(C)C)cc6)cc5)cc4)cc3)cc2)cc1.F[P-](F)(F)(F)(F)F.F[P-](F)(F)(F)(F)F.F[P-](F)(F)(F)(F)F.F[P-](F)(F)(F)(F)F. The molecule has 0 unspecified atom stereocenters. The van der Waals surface area contributed by atoms with Crippen molar-refractivity contribution in [3.8, 4) is 47.4 Å². The zero-order chi connectivity index (χ0) is 96.4. The molecule has 0 aliphatic rings. The van der Waals surface area contributed by atoms with Crippen molar-refractivity contribution >= 4 is 31.2 Å². The van der Waals surface area contributed by atoms with Crippen LogP contribution in [-0.2, 0) is 53.3 Å². The average Bonchev–Trinajstić information content (AvgIpc) is 0.728. The third-order valence-corrected chi connectivity index (χ3v) is 19.0. The van der Waals surface area contributed by atoms with Crippen molar-refractivity contribution < 1.29 is 119 Å². The fourth-order valence-electron chi connectivity index (χ4n) is 12.7. The van der Waals surface area contributed by atoms with E-state index in [0.717, 1.165) is 92.9 Å². The van der Waals surface area contributed by atoms with Gasteiger partial charge in [-0.2, -0.15) is 0 Å². The van der Waals surface area contributed by atoms with Gasteiger partial charge in [0.05, 0.1) is 5.41 Å². The number of halogens is 24. The predicted molar refractivity (Wildman–Crippen MR) is 466 cm³/mol. The molecule has 0 aliphatic heterocycles. The summed E-state index contributed by atoms with van der Waals surface area (Å²) >= 11 is 0. The molecule has 12 aromatic rings. The number of rotatable bonds is 12. The summed E-state index contributed by atoms with van der Waals surface area (Å²) in [5.74, 6) is 27.9. The molecule has 0 saturated carbocycles. The summed E-state index contributed by atoms with van der Waals surface area (Å²) in [6, 6.07) is 87.9. The Labute approximate surface area is 733 Å². The summed E-state index contributed by atoms with van der Waals surface area (Å²) in [4.78, 5) is 0. The number of benzene rings is 8. The second-order valence-electron chi connectivity index (χ2n) is 34.7. The van der Waals surface area contributed by atoms with E-state index in [0.29, 0.717) is 0 Å². The van der Waals surface area contributed by atoms with E-state index in [4.69, 9.17) is 0 Å². The molecule has 0 aliphatic carbocycles. The first kappa shape index (κ1) is 103. The van der Waals surface area contributed by atoms with Crippen LogP contribution in [-0.4, -0.2) is 0 Å². The van der Waals surface area contributed by atoms with Gasteiger partial charge in [-0.1, -0.05) is 276 Å². The molecule has 4 heterocycles. The molecule has 0 radical (unpaired) electrons. The summed E-state index contributed by atoms with van der Waals surface area (Å²) in [6.07, 6.45) is 16.9. The quantitative estimate of drug-likeness (QED) is 0.0381. The molecule has 0 saturated heterocycles. The van der Waals surface area contributed by atoms with Gasteiger partial charge in [0.1, 0.15) is 0 Å². The second-order valence-corrected chi connectivity index (χ2v) is 42.4. The predicted octanol–water partition coefficient (Wildman–Crippen LogP) is 31.7. The fraction of sp³-hybridized carbons (Fsp3) is 0.216. The standard InChI is InChI=1S/C97H92N4.4F6P/c1-93(2,3)85-37-29-81(30-38-85)69-98-61-53-77(54-62-98)17-13-73-21-45-89(46-22-73)97(90-47-23-74(24-48-90)14-18-78-55-63-99(64-56-78)70-82-31-39-86(40-32-82)94(4,5)6,91-49-25-75(26-50-91)15-19-79-57-65-100(66-58-79)71-83-33-41-87(42-34-83)95(7,8)9)92-51-27-76(28-52-92)16-20-80-59-67-101(68-60-80)72-84-35-43-88(44-36-84)96(10,11)12;4*1-7(2,3,4,5)6/h21-68H,69-72H2,1-12H3;;;;/q+4;4*-1. The van der Waals surface area contributed by atoms with Crippen LogP contribution in [0.25, 0.3) is 0 Å². The number of aromatic nitrogens is 4. The molecule has 0 atom stereocenters. The summed E-state index contributed by atoms with van der Waals surface area (Å²) in [5.41, 5.74) is 21.9. The van der Waals surface area contributed by atoms with Crippen molar-refractivity contribution in [3.63, 3.8) is 0 Å². The van der Waals surface area contributed by atoms with Gasteiger partial charge in [0.15, 0.2) is 75.8 Å². The minimum absolute atomic E-state index is 0.117. The van der Waals surface area contributed by atoms with Crippen molar-refractivity contribution in [1.82, 2.24) is 0 Å². The van der Waals surface area contributed by atoms with Crippen molar-refractivity contribution in [3.05, 3.63) is 403 Å². The van der Waals surface area contributed by atoms with Gasteiger partial charge < -0.3 is 0 Å². The van der Waals surface area contributed by atoms with E-state index in [1.165, 1.54) is 44.5 Å². The van der Waals surface area contributed by atoms with Crippen LogP contribution < -0.4 is 18.3 Å². The summed E-state index contributed by atoms with van der Waals surface area (Å²) in [6.45, 7) is 30.2. The van der Waals surface area contributed by atoms with Gasteiger partial charge in [0.2, 0.25) is 0 Å². The molecule has 4 nitrogen and oxygen atoms in total. The van der Waals surface area contributed by atoms with Gasteiger partial charge in [-0.05, 0) is 115 Å². The Hall–Kier alpha value is -11.4. The van der Waals surface area contributed by atoms with Crippen LogP contribution in [0.1, 0.15) is 194 Å². The molecule has 8 aromatic carbocycles. The molecule has 129 heavy (non-hydrogen) atoms. The third-order valence-electron chi connectivity index (χ3n) is 19.0. The first-order valence-corrected chi connectivity index (χ1v) is 47.5. The van der Waals surface area contributed by atoms with E-state index in [9.17, 15) is 101 Å². The van der Waals surface area contributed by atoms with E-state index in [1.807, 2.05) is 0 Å². The molecular weight excluding hydrogens is 1800 g/mol. The minimum atomic E-state index is -10.7. The van der Waals surface area contributed by atoms with Crippen LogP contribution >= 0.6 is 31.2 Å². The van der Waals surface area contributed by atoms with Crippen LogP contribution in [0.3, 0.4) is 0 Å². The van der Waals surface area contributed by atoms with E-state index >= 15 is 0 Å². The Kier molecular flexibility index (Phi) is 28.1. The van der Waals surface area contributed by atoms with Gasteiger partial charge in [0.25, 0.3) is 0 Å². The summed E-state index contributed by atoms with van der Waals surface area (Å²) < 4.78 is 246. The van der Waals surface area contributed by atoms with E-state index in [2.05, 4.69) is 441 Å². The molecule has 12 rings (SSSR count). The van der Waals surface area contributed by atoms with E-state index < -0.39 is 36.6 Å². The van der Waals surface area contributed by atoms with Crippen molar-refractivity contribution in [2.45, 2.75) is 136 Å². The molecule has 0 spiro atoms. The Morgan fingerprint density at radius 3 is 0.395 bits per heavy atom. The van der Waals surface area contributed by atoms with Gasteiger partial charge in [-0.15, -0.1) is 0 Å². The number of nitrogens with zero attached hydrogens (tertiary/aromatic N) is 4. The first-order chi connectivity index (χ1) is 58.2. The molecule has 0 bridgehead atoms. The van der Waals surface area contributed by atoms with Crippen molar-refractivity contribution in [2.24, 2.45) is 0 Å². The molecule has 688 valence electrons. The van der Waals surface area contributed by atoms with Gasteiger partial charge in [-0.3, -0.25) is 0 Å². The zero-order valence-corrected chi connectivity index (χ0v) is 75.3. The van der Waals surface area contributed by atoms with Gasteiger partial charge in [0, 0.05) is 115 Å². The normalized spacial score (nSPS) is 14.1. The number of pyridine rings is 4. The van der Waals surface area contributed by atoms with Gasteiger partial charge in [-0.25, -0.2) is 18.3 Å². The second kappa shape index (κ2) is 35.2. The van der Waals surface area contributed by atoms with Crippen LogP contribution in [0.2, 0.25) is 0 Å². The fourth-order valence-corrected chi connectivity index (χ4v) is 12.7. The molecule has 0 fully saturated rings. The van der Waals surface area contributed by atoms with Crippen LogP contribution in [0.4, 0.5) is 101 Å². The van der Waals surface area contributed by atoms with Crippen molar-refractivity contribution in [2.75, 3.05) is 0 Å². The van der Waals surface area contributed by atoms with E-state index in [-0.39, 0.29) is 21.7 Å². The maximum atomic E-state index is 9.87. The first-order valence-electron chi connectivity index (χ1n) is 39.3. The van der Waals surface area contributed by atoms with Crippen LogP contribution in [0, 0.1) is 47.4 Å². The molecule has 4 aromatic heterocycles. The van der Waals surface area contributed by atoms with Crippen LogP contribution in [0.15, 0.2) is 292 Å². The average molecular weight is 1890 g/mol. The summed E-state index contributed by atoms with van der Waals surface area (Å²) in [7, 11) is -42.6. The monoisotopic (exact) mass is 1890 g/mol. The summed E-state index contributed by atoms with van der Waals surface area (Å²) in [5, 5.41) is 0. The van der Waals surface area contributed by atoms with Crippen LogP contribution in [0.5, 0.6) is 0 Å². The Morgan fingerprint density at radius 2 is 0.279 bits per heavy atom. The van der Waals surface area contributed by atoms with Gasteiger partial charge >= 0.3 is 132 Å². The maximum absolute atomic E-state index is 10.7.